The third-order valence-electron chi connectivity index (χ3n) is 0.258. The van der Waals surface area contributed by atoms with Crippen LogP contribution in [0.5, 0.6) is 0 Å². The van der Waals surface area contributed by atoms with Crippen molar-refractivity contribution in [1.29, 1.82) is 0 Å². The van der Waals surface area contributed by atoms with Crippen molar-refractivity contribution in [3.8, 4) is 0 Å². The number of aldehydes is 1. The average Bonchev–Trinajstić information content (AvgIpc) is 2.46. The van der Waals surface area contributed by atoms with Crippen molar-refractivity contribution in [2.45, 2.75) is 20.8 Å². The fourth-order valence-electron chi connectivity index (χ4n) is 0. The van der Waals surface area contributed by atoms with E-state index < -0.39 is 0 Å². The fourth-order valence-corrected chi connectivity index (χ4v) is 0. The predicted octanol–water partition coefficient (Wildman–Crippen LogP) is 1.83. The Morgan fingerprint density at radius 3 is 1.05 bits per heavy atom. The van der Waals surface area contributed by atoms with E-state index in [2.05, 4.69) is 39.5 Å². The zero-order valence-corrected chi connectivity index (χ0v) is 15.0. The normalized spacial score (nSPS) is 5.35. The average molecular weight is 294 g/mol. The Labute approximate surface area is 127 Å². The molecule has 0 aliphatic heterocycles. The summed E-state index contributed by atoms with van der Waals surface area (Å²) in [6.45, 7) is 11.7. The molecule has 0 amide bonds. The molecule has 0 rings (SSSR count). The van der Waals surface area contributed by atoms with E-state index in [-0.39, 0.29) is 0 Å². The molecule has 0 unspecified atom stereocenters. The molecule has 0 spiro atoms. The highest BCUT2D eigenvalue weighted by atomic mass is 16.4. The first-order valence-corrected chi connectivity index (χ1v) is 5.82. The van der Waals surface area contributed by atoms with Crippen LogP contribution in [0.25, 0.3) is 0 Å². The number of hydrogen-bond donors (Lipinski definition) is 2. The first kappa shape index (κ1) is 42.8. The van der Waals surface area contributed by atoms with Crippen molar-refractivity contribution >= 4 is 19.2 Å². The first-order valence-electron chi connectivity index (χ1n) is 5.82. The molecule has 0 bridgehead atoms. The van der Waals surface area contributed by atoms with Crippen molar-refractivity contribution < 1.29 is 9.53 Å². The van der Waals surface area contributed by atoms with E-state index in [4.69, 9.17) is 4.79 Å². The molecule has 6 nitrogen and oxygen atoms in total. The quantitative estimate of drug-likeness (QED) is 0.404. The summed E-state index contributed by atoms with van der Waals surface area (Å²) >= 11 is 0. The minimum absolute atomic E-state index is 0.750. The Balaban J connectivity index is -0.0000000200. The first-order chi connectivity index (χ1) is 9.57. The molecule has 0 radical (unpaired) electrons. The molecule has 6 heteroatoms. The minimum atomic E-state index is 0.750. The Morgan fingerprint density at radius 2 is 1.05 bits per heavy atom. The van der Waals surface area contributed by atoms with E-state index in [1.54, 1.807) is 40.6 Å². The van der Waals surface area contributed by atoms with E-state index in [0.29, 0.717) is 0 Å². The maximum absolute atomic E-state index is 8.81. The van der Waals surface area contributed by atoms with E-state index in [9.17, 15) is 0 Å². The lowest BCUT2D eigenvalue weighted by Crippen LogP contribution is -1.69. The highest BCUT2D eigenvalue weighted by molar-refractivity contribution is 5.52. The van der Waals surface area contributed by atoms with Gasteiger partial charge in [-0.25, -0.2) is 0 Å². The molecule has 126 valence electrons. The van der Waals surface area contributed by atoms with Crippen LogP contribution in [0, 0.1) is 0 Å². The molecule has 4 N–H and O–H groups in total. The standard InChI is InChI=1S/C3H7N.C3H6.C2H5N.C2H6O.C2H4O.2CH5N/c1-3-4-2;3*1-3-2;1-2-3;2*1-2/h3H,1-2H3;3H,1H2,2H3;1H2,2H3;1-2H3;2H,1H3;2*2H2,1H3. The lowest BCUT2D eigenvalue weighted by atomic mass is 10.8. The summed E-state index contributed by atoms with van der Waals surface area (Å²) < 4.78 is 4.25. The molecule has 0 aromatic rings. The van der Waals surface area contributed by atoms with Crippen molar-refractivity contribution in [3.05, 3.63) is 12.7 Å². The highest BCUT2D eigenvalue weighted by Gasteiger charge is 1.32. The van der Waals surface area contributed by atoms with Gasteiger partial charge >= 0.3 is 0 Å². The number of aliphatic imine (C=N–C) groups is 2. The Bertz CT molecular complexity index is 112. The maximum atomic E-state index is 8.81. The monoisotopic (exact) mass is 294 g/mol. The van der Waals surface area contributed by atoms with Gasteiger partial charge in [0.05, 0.1) is 0 Å². The highest BCUT2D eigenvalue weighted by Crippen LogP contribution is 1.39. The van der Waals surface area contributed by atoms with Crippen LogP contribution in [-0.2, 0) is 9.53 Å². The Kier molecular flexibility index (Phi) is 487. The zero-order valence-electron chi connectivity index (χ0n) is 15.0. The van der Waals surface area contributed by atoms with Gasteiger partial charge in [0.1, 0.15) is 6.29 Å². The summed E-state index contributed by atoms with van der Waals surface area (Å²) in [4.78, 5) is 15.7. The van der Waals surface area contributed by atoms with Crippen LogP contribution in [0.15, 0.2) is 22.6 Å². The molecule has 20 heavy (non-hydrogen) atoms. The molecule has 0 aromatic heterocycles. The van der Waals surface area contributed by atoms with Crippen molar-refractivity contribution in [1.82, 2.24) is 0 Å². The summed E-state index contributed by atoms with van der Waals surface area (Å²) in [5.74, 6) is 0. The van der Waals surface area contributed by atoms with Gasteiger partial charge in [-0.2, -0.15) is 0 Å². The molecule has 0 aromatic carbocycles. The lowest BCUT2D eigenvalue weighted by molar-refractivity contribution is -0.106. The minimum Gasteiger partial charge on any atom is -0.388 e. The van der Waals surface area contributed by atoms with Gasteiger partial charge in [0.15, 0.2) is 0 Å². The molecule has 0 aliphatic carbocycles. The molecule has 0 saturated carbocycles. The van der Waals surface area contributed by atoms with Crippen LogP contribution in [0.3, 0.4) is 0 Å². The second-order valence-corrected chi connectivity index (χ2v) is 1.88. The number of rotatable bonds is 0. The number of ether oxygens (including phenoxy) is 1. The SMILES string of the molecule is C=CC.C=NC.CC=NC.CC=O.CN.CN.COC. The van der Waals surface area contributed by atoms with Crippen LogP contribution in [0.1, 0.15) is 20.8 Å². The number of carbonyl (C=O) groups is 1. The van der Waals surface area contributed by atoms with Crippen LogP contribution >= 0.6 is 0 Å². The van der Waals surface area contributed by atoms with Gasteiger partial charge in [0.25, 0.3) is 0 Å². The van der Waals surface area contributed by atoms with Crippen LogP contribution in [0.4, 0.5) is 0 Å². The van der Waals surface area contributed by atoms with Crippen LogP contribution in [-0.4, -0.2) is 61.6 Å². The van der Waals surface area contributed by atoms with E-state index in [0.717, 1.165) is 6.29 Å². The molecule has 0 fully saturated rings. The largest absolute Gasteiger partial charge is 0.388 e. The van der Waals surface area contributed by atoms with Gasteiger partial charge in [0.2, 0.25) is 0 Å². The smallest absolute Gasteiger partial charge is 0.116 e. The summed E-state index contributed by atoms with van der Waals surface area (Å²) in [7, 11) is 9.64. The number of carbonyl (C=O) groups excluding carboxylic acids is 1. The van der Waals surface area contributed by atoms with Crippen molar-refractivity contribution in [3.63, 3.8) is 0 Å². The van der Waals surface area contributed by atoms with Gasteiger partial charge < -0.3 is 31.0 Å². The second-order valence-electron chi connectivity index (χ2n) is 1.88. The van der Waals surface area contributed by atoms with Crippen LogP contribution < -0.4 is 11.5 Å². The predicted molar refractivity (Wildman–Crippen MR) is 96.3 cm³/mol. The molecular weight excluding hydrogens is 256 g/mol. The van der Waals surface area contributed by atoms with Crippen molar-refractivity contribution in [2.75, 3.05) is 42.4 Å². The third-order valence-corrected chi connectivity index (χ3v) is 0.258. The van der Waals surface area contributed by atoms with Gasteiger partial charge in [-0.15, -0.1) is 6.58 Å². The fraction of sp³-hybridized carbons (Fsp3) is 0.643. The van der Waals surface area contributed by atoms with E-state index in [1.165, 1.54) is 21.0 Å². The molecule has 0 atom stereocenters. The number of nitrogens with zero attached hydrogens (tertiary/aromatic N) is 2. The molecule has 0 aliphatic rings. The molecule has 0 saturated heterocycles. The summed E-state index contributed by atoms with van der Waals surface area (Å²) in [6, 6.07) is 0. The Morgan fingerprint density at radius 1 is 1.00 bits per heavy atom. The number of nitrogens with two attached hydrogens (primary N) is 2. The molecular formula is C14H38N4O2. The Hall–Kier alpha value is -1.37. The zero-order chi connectivity index (χ0) is 18.2. The number of hydrogen-bond acceptors (Lipinski definition) is 6. The topological polar surface area (TPSA) is 103 Å². The van der Waals surface area contributed by atoms with Gasteiger partial charge in [0, 0.05) is 28.3 Å². The number of allylic oxidation sites excluding steroid dienone is 1. The van der Waals surface area contributed by atoms with Gasteiger partial charge in [-0.3, -0.25) is 0 Å². The summed E-state index contributed by atoms with van der Waals surface area (Å²) in [5, 5.41) is 0. The second kappa shape index (κ2) is 227. The van der Waals surface area contributed by atoms with Crippen molar-refractivity contribution in [2.24, 2.45) is 21.5 Å². The van der Waals surface area contributed by atoms with E-state index >= 15 is 0 Å². The maximum Gasteiger partial charge on any atom is 0.116 e. The van der Waals surface area contributed by atoms with Crippen LogP contribution in [0.2, 0.25) is 0 Å². The number of methoxy groups -OCH3 is 1. The van der Waals surface area contributed by atoms with Gasteiger partial charge in [-0.1, -0.05) is 6.08 Å². The summed E-state index contributed by atoms with van der Waals surface area (Å²) in [6.07, 6.45) is 4.25. The molecule has 0 heterocycles. The van der Waals surface area contributed by atoms with E-state index in [1.807, 2.05) is 13.8 Å². The lowest BCUT2D eigenvalue weighted by Gasteiger charge is -1.61. The van der Waals surface area contributed by atoms with Gasteiger partial charge in [-0.05, 0) is 47.8 Å². The summed E-state index contributed by atoms with van der Waals surface area (Å²) in [5.41, 5.74) is 9.00. The third kappa shape index (κ3) is 29700.